The first-order chi connectivity index (χ1) is 14.4. The van der Waals surface area contributed by atoms with Crippen molar-refractivity contribution >= 4 is 29.6 Å². The van der Waals surface area contributed by atoms with Crippen molar-refractivity contribution in [1.29, 1.82) is 0 Å². The number of hydrogen-bond donors (Lipinski definition) is 3. The Hall–Kier alpha value is -3.46. The highest BCUT2D eigenvalue weighted by Gasteiger charge is 2.24. The summed E-state index contributed by atoms with van der Waals surface area (Å²) in [6.45, 7) is 4.06. The van der Waals surface area contributed by atoms with Crippen LogP contribution in [-0.2, 0) is 0 Å². The maximum Gasteiger partial charge on any atom is 0.252 e. The van der Waals surface area contributed by atoms with Crippen LogP contribution in [0.5, 0.6) is 5.75 Å². The standard InChI is InChI=1S/C21H22N6O2S/c1-21(2,13-29-16-7-5-6-15-18(16)19(22)26-30-25-15)24-20(28)14-8-9-23-17(12-14)27-10-3-4-11-27/h3-12,25H,13H2,1-2H3,(H2,22,26)(H,24,28). The molecule has 0 saturated heterocycles. The number of pyridine rings is 1. The monoisotopic (exact) mass is 422 g/mol. The molecule has 4 rings (SSSR count). The third kappa shape index (κ3) is 4.25. The van der Waals surface area contributed by atoms with Gasteiger partial charge in [-0.3, -0.25) is 4.79 Å². The Morgan fingerprint density at radius 2 is 2.07 bits per heavy atom. The first kappa shape index (κ1) is 19.8. The third-order valence-electron chi connectivity index (χ3n) is 4.50. The second-order valence-electron chi connectivity index (χ2n) is 7.47. The number of rotatable bonds is 6. The molecule has 1 aliphatic rings. The lowest BCUT2D eigenvalue weighted by Crippen LogP contribution is -2.48. The molecule has 1 aromatic carbocycles. The van der Waals surface area contributed by atoms with Crippen LogP contribution >= 0.6 is 12.1 Å². The van der Waals surface area contributed by atoms with Gasteiger partial charge in [0.1, 0.15) is 24.0 Å². The van der Waals surface area contributed by atoms with Gasteiger partial charge in [-0.15, -0.1) is 0 Å². The van der Waals surface area contributed by atoms with Gasteiger partial charge in [-0.05, 0) is 50.2 Å². The van der Waals surface area contributed by atoms with E-state index in [0.717, 1.165) is 11.3 Å². The van der Waals surface area contributed by atoms with Crippen LogP contribution in [0.3, 0.4) is 0 Å². The summed E-state index contributed by atoms with van der Waals surface area (Å²) in [5.74, 6) is 1.49. The van der Waals surface area contributed by atoms with Gasteiger partial charge in [0.05, 0.1) is 28.9 Å². The molecule has 3 aromatic rings. The molecule has 1 amide bonds. The first-order valence-corrected chi connectivity index (χ1v) is 10.1. The summed E-state index contributed by atoms with van der Waals surface area (Å²) >= 11 is 1.18. The van der Waals surface area contributed by atoms with E-state index in [-0.39, 0.29) is 12.5 Å². The molecule has 0 saturated carbocycles. The highest BCUT2D eigenvalue weighted by Crippen LogP contribution is 2.32. The number of aromatic nitrogens is 2. The second-order valence-corrected chi connectivity index (χ2v) is 8.04. The van der Waals surface area contributed by atoms with E-state index < -0.39 is 5.54 Å². The van der Waals surface area contributed by atoms with E-state index in [4.69, 9.17) is 10.5 Å². The van der Waals surface area contributed by atoms with E-state index in [1.807, 2.05) is 61.1 Å². The van der Waals surface area contributed by atoms with E-state index in [2.05, 4.69) is 19.4 Å². The average Bonchev–Trinajstić information content (AvgIpc) is 3.27. The Morgan fingerprint density at radius 3 is 2.87 bits per heavy atom. The van der Waals surface area contributed by atoms with Gasteiger partial charge in [0.15, 0.2) is 0 Å². The third-order valence-corrected chi connectivity index (χ3v) is 5.10. The number of nitrogens with two attached hydrogens (primary N) is 1. The lowest BCUT2D eigenvalue weighted by atomic mass is 10.1. The van der Waals surface area contributed by atoms with Crippen LogP contribution in [0.2, 0.25) is 0 Å². The number of benzene rings is 1. The zero-order valence-electron chi connectivity index (χ0n) is 16.6. The van der Waals surface area contributed by atoms with Gasteiger partial charge in [-0.2, -0.15) is 4.40 Å². The normalized spacial score (nSPS) is 13.1. The molecule has 1 aliphatic heterocycles. The lowest BCUT2D eigenvalue weighted by Gasteiger charge is -2.27. The van der Waals surface area contributed by atoms with Crippen LogP contribution < -0.4 is 20.5 Å². The Bertz CT molecular complexity index is 1090. The molecule has 0 bridgehead atoms. The molecule has 9 heteroatoms. The Labute approximate surface area is 178 Å². The van der Waals surface area contributed by atoms with E-state index in [9.17, 15) is 4.79 Å². The van der Waals surface area contributed by atoms with Gasteiger partial charge in [-0.1, -0.05) is 6.07 Å². The average molecular weight is 423 g/mol. The van der Waals surface area contributed by atoms with Crippen molar-refractivity contribution in [2.45, 2.75) is 19.4 Å². The van der Waals surface area contributed by atoms with E-state index in [1.165, 1.54) is 12.1 Å². The number of nitrogens with zero attached hydrogens (tertiary/aromatic N) is 3. The van der Waals surface area contributed by atoms with Crippen LogP contribution in [0.1, 0.15) is 29.8 Å². The molecule has 154 valence electrons. The van der Waals surface area contributed by atoms with Crippen molar-refractivity contribution in [2.24, 2.45) is 10.1 Å². The smallest absolute Gasteiger partial charge is 0.252 e. The summed E-state index contributed by atoms with van der Waals surface area (Å²) in [7, 11) is 0. The van der Waals surface area contributed by atoms with Crippen LogP contribution in [0.4, 0.5) is 5.69 Å². The lowest BCUT2D eigenvalue weighted by molar-refractivity contribution is 0.0880. The van der Waals surface area contributed by atoms with E-state index in [0.29, 0.717) is 23.0 Å². The van der Waals surface area contributed by atoms with Crippen molar-refractivity contribution in [2.75, 3.05) is 11.3 Å². The molecule has 0 radical (unpaired) electrons. The molecule has 4 N–H and O–H groups in total. The zero-order chi connectivity index (χ0) is 21.1. The van der Waals surface area contributed by atoms with Crippen molar-refractivity contribution in [3.63, 3.8) is 0 Å². The summed E-state index contributed by atoms with van der Waals surface area (Å²) in [4.78, 5) is 17.1. The van der Waals surface area contributed by atoms with Crippen molar-refractivity contribution in [3.05, 3.63) is 72.2 Å². The van der Waals surface area contributed by atoms with Gasteiger partial charge in [0.2, 0.25) is 0 Å². The number of carbonyl (C=O) groups is 1. The van der Waals surface area contributed by atoms with Crippen LogP contribution in [-0.4, -0.2) is 33.4 Å². The molecule has 0 fully saturated rings. The molecule has 3 heterocycles. The number of amidine groups is 1. The zero-order valence-corrected chi connectivity index (χ0v) is 17.4. The molecule has 0 spiro atoms. The minimum absolute atomic E-state index is 0.200. The summed E-state index contributed by atoms with van der Waals surface area (Å²) in [6, 6.07) is 12.9. The Balaban J connectivity index is 1.45. The second kappa shape index (κ2) is 8.11. The predicted molar refractivity (Wildman–Crippen MR) is 119 cm³/mol. The summed E-state index contributed by atoms with van der Waals surface area (Å²) in [5.41, 5.74) is 7.50. The maximum atomic E-state index is 12.8. The van der Waals surface area contributed by atoms with E-state index >= 15 is 0 Å². The fraction of sp³-hybridized carbons (Fsp3) is 0.190. The number of carbonyl (C=O) groups excluding carboxylic acids is 1. The molecule has 2 aromatic heterocycles. The molecule has 0 atom stereocenters. The fourth-order valence-corrected chi connectivity index (χ4v) is 3.53. The van der Waals surface area contributed by atoms with Crippen molar-refractivity contribution in [3.8, 4) is 11.6 Å². The number of fused-ring (bicyclic) bond motifs is 1. The fourth-order valence-electron chi connectivity index (χ4n) is 3.03. The summed E-state index contributed by atoms with van der Waals surface area (Å²) < 4.78 is 15.1. The molecule has 0 aliphatic carbocycles. The van der Waals surface area contributed by atoms with Gasteiger partial charge < -0.3 is 25.1 Å². The summed E-state index contributed by atoms with van der Waals surface area (Å²) in [5, 5.41) is 3.02. The molecule has 30 heavy (non-hydrogen) atoms. The molecule has 8 nitrogen and oxygen atoms in total. The van der Waals surface area contributed by atoms with Gasteiger partial charge in [-0.25, -0.2) is 4.98 Å². The number of hydrogen-bond acceptors (Lipinski definition) is 7. The number of nitrogens with one attached hydrogen (secondary N) is 2. The Kier molecular flexibility index (Phi) is 5.37. The number of anilines is 1. The van der Waals surface area contributed by atoms with Crippen LogP contribution in [0.25, 0.3) is 5.82 Å². The minimum atomic E-state index is -0.626. The van der Waals surface area contributed by atoms with Crippen LogP contribution in [0.15, 0.2) is 65.5 Å². The minimum Gasteiger partial charge on any atom is -0.490 e. The highest BCUT2D eigenvalue weighted by atomic mass is 32.2. The van der Waals surface area contributed by atoms with Gasteiger partial charge in [0.25, 0.3) is 5.91 Å². The summed E-state index contributed by atoms with van der Waals surface area (Å²) in [6.07, 6.45) is 5.38. The molecular formula is C21H22N6O2S. The quantitative estimate of drug-likeness (QED) is 0.527. The first-order valence-electron chi connectivity index (χ1n) is 9.36. The largest absolute Gasteiger partial charge is 0.490 e. The van der Waals surface area contributed by atoms with E-state index in [1.54, 1.807) is 18.3 Å². The Morgan fingerprint density at radius 1 is 1.27 bits per heavy atom. The van der Waals surface area contributed by atoms with Crippen molar-refractivity contribution in [1.82, 2.24) is 14.9 Å². The van der Waals surface area contributed by atoms with Gasteiger partial charge >= 0.3 is 0 Å². The maximum absolute atomic E-state index is 12.8. The molecule has 0 unspecified atom stereocenters. The number of amides is 1. The van der Waals surface area contributed by atoms with Crippen molar-refractivity contribution < 1.29 is 9.53 Å². The highest BCUT2D eigenvalue weighted by molar-refractivity contribution is 7.99. The number of ether oxygens (including phenoxy) is 1. The SMILES string of the molecule is CC(C)(COc1cccc2c1C(N)=NSN2)NC(=O)c1ccnc(-n2cccc2)c1. The van der Waals surface area contributed by atoms with Gasteiger partial charge in [0, 0.05) is 24.2 Å². The topological polar surface area (TPSA) is 107 Å². The predicted octanol–water partition coefficient (Wildman–Crippen LogP) is 3.15. The molecular weight excluding hydrogens is 400 g/mol. The van der Waals surface area contributed by atoms with Crippen LogP contribution in [0, 0.1) is 0 Å².